The molecule has 0 amide bonds. The lowest BCUT2D eigenvalue weighted by Crippen LogP contribution is -2.51. The number of carbonyl (C=O) groups is 1. The van der Waals surface area contributed by atoms with E-state index in [4.69, 9.17) is 14.6 Å². The van der Waals surface area contributed by atoms with Crippen LogP contribution >= 0.6 is 0 Å². The Bertz CT molecular complexity index is 270. The van der Waals surface area contributed by atoms with Crippen LogP contribution in [0.4, 0.5) is 0 Å². The summed E-state index contributed by atoms with van der Waals surface area (Å²) < 4.78 is 10.9. The molecule has 18 heavy (non-hydrogen) atoms. The summed E-state index contributed by atoms with van der Waals surface area (Å²) in [4.78, 5) is 12.9. The molecule has 1 heterocycles. The molecule has 2 fully saturated rings. The van der Waals surface area contributed by atoms with Crippen LogP contribution in [0.5, 0.6) is 0 Å². The summed E-state index contributed by atoms with van der Waals surface area (Å²) in [6, 6.07) is 0.690. The molecule has 2 rings (SSSR count). The van der Waals surface area contributed by atoms with Crippen LogP contribution in [0, 0.1) is 0 Å². The van der Waals surface area contributed by atoms with Crippen molar-refractivity contribution in [3.05, 3.63) is 0 Å². The number of piperidine rings is 1. The third kappa shape index (κ3) is 3.67. The molecule has 1 saturated heterocycles. The molecule has 104 valence electrons. The van der Waals surface area contributed by atoms with Crippen molar-refractivity contribution in [1.82, 2.24) is 4.90 Å². The standard InChI is InChI=1S/C13H23NO4/c1-17-12-8-10(9-12)14-5-2-11(3-6-14)18-7-4-13(15)16/h10-12H,2-9H2,1H3,(H,15,16). The summed E-state index contributed by atoms with van der Waals surface area (Å²) in [5.41, 5.74) is 0. The van der Waals surface area contributed by atoms with Gasteiger partial charge < -0.3 is 14.6 Å². The normalized spacial score (nSPS) is 30.1. The predicted octanol–water partition coefficient (Wildman–Crippen LogP) is 1.12. The van der Waals surface area contributed by atoms with Gasteiger partial charge in [-0.05, 0) is 25.7 Å². The van der Waals surface area contributed by atoms with Crippen molar-refractivity contribution in [3.8, 4) is 0 Å². The summed E-state index contributed by atoms with van der Waals surface area (Å²) in [7, 11) is 1.78. The third-order valence-corrected chi connectivity index (χ3v) is 4.07. The van der Waals surface area contributed by atoms with Crippen LogP contribution in [0.3, 0.4) is 0 Å². The summed E-state index contributed by atoms with van der Waals surface area (Å²) in [6.45, 7) is 2.48. The van der Waals surface area contributed by atoms with Gasteiger partial charge in [0.1, 0.15) is 0 Å². The van der Waals surface area contributed by atoms with Gasteiger partial charge in [-0.25, -0.2) is 0 Å². The molecule has 0 bridgehead atoms. The van der Waals surface area contributed by atoms with E-state index >= 15 is 0 Å². The molecular formula is C13H23NO4. The van der Waals surface area contributed by atoms with E-state index in [9.17, 15) is 4.79 Å². The molecule has 0 aromatic carbocycles. The van der Waals surface area contributed by atoms with E-state index in [0.717, 1.165) is 38.8 Å². The molecule has 1 N–H and O–H groups in total. The Hall–Kier alpha value is -0.650. The number of hydrogen-bond acceptors (Lipinski definition) is 4. The molecule has 5 nitrogen and oxygen atoms in total. The lowest BCUT2D eigenvalue weighted by Gasteiger charge is -2.45. The molecule has 5 heteroatoms. The Morgan fingerprint density at radius 2 is 1.94 bits per heavy atom. The molecular weight excluding hydrogens is 234 g/mol. The van der Waals surface area contributed by atoms with Crippen LogP contribution in [0.15, 0.2) is 0 Å². The summed E-state index contributed by atoms with van der Waals surface area (Å²) in [5, 5.41) is 8.55. The summed E-state index contributed by atoms with van der Waals surface area (Å²) in [5.74, 6) is -0.785. The lowest BCUT2D eigenvalue weighted by molar-refractivity contribution is -0.139. The van der Waals surface area contributed by atoms with Crippen LogP contribution in [0.2, 0.25) is 0 Å². The van der Waals surface area contributed by atoms with Crippen LogP contribution < -0.4 is 0 Å². The maximum Gasteiger partial charge on any atom is 0.305 e. The number of ether oxygens (including phenoxy) is 2. The van der Waals surface area contributed by atoms with Crippen molar-refractivity contribution in [1.29, 1.82) is 0 Å². The Morgan fingerprint density at radius 1 is 1.28 bits per heavy atom. The third-order valence-electron chi connectivity index (χ3n) is 4.07. The predicted molar refractivity (Wildman–Crippen MR) is 66.6 cm³/mol. The average Bonchev–Trinajstić information content (AvgIpc) is 2.29. The van der Waals surface area contributed by atoms with E-state index < -0.39 is 5.97 Å². The molecule has 0 spiro atoms. The highest BCUT2D eigenvalue weighted by molar-refractivity contribution is 5.66. The minimum Gasteiger partial charge on any atom is -0.481 e. The van der Waals surface area contributed by atoms with Gasteiger partial charge in [0, 0.05) is 26.2 Å². The van der Waals surface area contributed by atoms with E-state index in [1.54, 1.807) is 7.11 Å². The van der Waals surface area contributed by atoms with Crippen molar-refractivity contribution in [2.75, 3.05) is 26.8 Å². The van der Waals surface area contributed by atoms with Crippen LogP contribution in [-0.2, 0) is 14.3 Å². The van der Waals surface area contributed by atoms with Gasteiger partial charge in [-0.1, -0.05) is 0 Å². The summed E-state index contributed by atoms with van der Waals surface area (Å²) in [6.07, 6.45) is 5.17. The second-order valence-electron chi connectivity index (χ2n) is 5.23. The maximum atomic E-state index is 10.4. The lowest BCUT2D eigenvalue weighted by atomic mass is 9.86. The molecule has 0 radical (unpaired) electrons. The van der Waals surface area contributed by atoms with Crippen LogP contribution in [0.25, 0.3) is 0 Å². The van der Waals surface area contributed by atoms with Crippen LogP contribution in [-0.4, -0.2) is 61.0 Å². The molecule has 1 aliphatic heterocycles. The molecule has 0 atom stereocenters. The molecule has 0 aromatic heterocycles. The zero-order valence-electron chi connectivity index (χ0n) is 11.0. The Labute approximate surface area is 108 Å². The maximum absolute atomic E-state index is 10.4. The Morgan fingerprint density at radius 3 is 2.50 bits per heavy atom. The fourth-order valence-corrected chi connectivity index (χ4v) is 2.75. The van der Waals surface area contributed by atoms with Crippen molar-refractivity contribution in [2.24, 2.45) is 0 Å². The fraction of sp³-hybridized carbons (Fsp3) is 0.923. The number of carboxylic acid groups (broad SMARTS) is 1. The zero-order chi connectivity index (χ0) is 13.0. The first-order chi connectivity index (χ1) is 8.69. The SMILES string of the molecule is COC1CC(N2CCC(OCCC(=O)O)CC2)C1. The Balaban J connectivity index is 1.58. The number of carboxylic acids is 1. The number of rotatable bonds is 6. The fourth-order valence-electron chi connectivity index (χ4n) is 2.75. The number of aliphatic carboxylic acids is 1. The van der Waals surface area contributed by atoms with E-state index in [1.165, 1.54) is 0 Å². The first-order valence-corrected chi connectivity index (χ1v) is 6.79. The number of nitrogens with zero attached hydrogens (tertiary/aromatic N) is 1. The van der Waals surface area contributed by atoms with E-state index in [0.29, 0.717) is 18.8 Å². The summed E-state index contributed by atoms with van der Waals surface area (Å²) >= 11 is 0. The number of likely N-dealkylation sites (tertiary alicyclic amines) is 1. The first-order valence-electron chi connectivity index (χ1n) is 6.79. The van der Waals surface area contributed by atoms with E-state index in [-0.39, 0.29) is 12.5 Å². The Kier molecular flexibility index (Phi) is 4.97. The minimum atomic E-state index is -0.785. The van der Waals surface area contributed by atoms with Gasteiger partial charge in [-0.15, -0.1) is 0 Å². The van der Waals surface area contributed by atoms with Crippen LogP contribution in [0.1, 0.15) is 32.1 Å². The van der Waals surface area contributed by atoms with Crippen molar-refractivity contribution in [2.45, 2.75) is 50.4 Å². The smallest absolute Gasteiger partial charge is 0.305 e. The monoisotopic (exact) mass is 257 g/mol. The van der Waals surface area contributed by atoms with Gasteiger partial charge >= 0.3 is 5.97 Å². The van der Waals surface area contributed by atoms with Gasteiger partial charge in [0.05, 0.1) is 25.2 Å². The van der Waals surface area contributed by atoms with Crippen molar-refractivity contribution < 1.29 is 19.4 Å². The van der Waals surface area contributed by atoms with Gasteiger partial charge in [0.15, 0.2) is 0 Å². The highest BCUT2D eigenvalue weighted by atomic mass is 16.5. The van der Waals surface area contributed by atoms with Gasteiger partial charge in [-0.3, -0.25) is 9.69 Å². The average molecular weight is 257 g/mol. The molecule has 1 saturated carbocycles. The van der Waals surface area contributed by atoms with Gasteiger partial charge in [0.2, 0.25) is 0 Å². The zero-order valence-corrected chi connectivity index (χ0v) is 11.0. The first kappa shape index (κ1) is 13.8. The van der Waals surface area contributed by atoms with Gasteiger partial charge in [-0.2, -0.15) is 0 Å². The second-order valence-corrected chi connectivity index (χ2v) is 5.23. The van der Waals surface area contributed by atoms with E-state index in [2.05, 4.69) is 4.90 Å². The molecule has 2 aliphatic rings. The van der Waals surface area contributed by atoms with Gasteiger partial charge in [0.25, 0.3) is 0 Å². The second kappa shape index (κ2) is 6.50. The minimum absolute atomic E-state index is 0.109. The molecule has 1 aliphatic carbocycles. The molecule has 0 unspecified atom stereocenters. The number of methoxy groups -OCH3 is 1. The van der Waals surface area contributed by atoms with Crippen molar-refractivity contribution >= 4 is 5.97 Å². The van der Waals surface area contributed by atoms with E-state index in [1.807, 2.05) is 0 Å². The topological polar surface area (TPSA) is 59.0 Å². The number of hydrogen-bond donors (Lipinski definition) is 1. The largest absolute Gasteiger partial charge is 0.481 e. The highest BCUT2D eigenvalue weighted by Crippen LogP contribution is 2.30. The quantitative estimate of drug-likeness (QED) is 0.772. The van der Waals surface area contributed by atoms with Crippen molar-refractivity contribution in [3.63, 3.8) is 0 Å². The highest BCUT2D eigenvalue weighted by Gasteiger charge is 2.35. The molecule has 0 aromatic rings.